The first-order chi connectivity index (χ1) is 11.5. The van der Waals surface area contributed by atoms with Crippen LogP contribution in [0.4, 0.5) is 5.00 Å². The number of fused-ring (bicyclic) bond motifs is 1. The number of hydrogen-bond donors (Lipinski definition) is 2. The van der Waals surface area contributed by atoms with Crippen LogP contribution >= 0.6 is 11.3 Å². The summed E-state index contributed by atoms with van der Waals surface area (Å²) in [4.78, 5) is 25.4. The molecule has 0 fully saturated rings. The van der Waals surface area contributed by atoms with Gasteiger partial charge in [-0.1, -0.05) is 37.3 Å². The van der Waals surface area contributed by atoms with E-state index in [0.717, 1.165) is 30.4 Å². The van der Waals surface area contributed by atoms with Crippen LogP contribution in [0, 0.1) is 5.92 Å². The van der Waals surface area contributed by atoms with Gasteiger partial charge in [0.1, 0.15) is 5.00 Å². The second-order valence-corrected chi connectivity index (χ2v) is 7.56. The van der Waals surface area contributed by atoms with Crippen molar-refractivity contribution < 1.29 is 9.59 Å². The minimum atomic E-state index is -0.444. The second kappa shape index (κ2) is 7.18. The molecule has 1 heterocycles. The van der Waals surface area contributed by atoms with E-state index in [-0.39, 0.29) is 5.91 Å². The number of carbonyl (C=O) groups is 2. The molecule has 3 rings (SSSR count). The van der Waals surface area contributed by atoms with E-state index < -0.39 is 5.91 Å². The quantitative estimate of drug-likeness (QED) is 0.872. The van der Waals surface area contributed by atoms with Crippen LogP contribution < -0.4 is 11.1 Å². The number of benzene rings is 1. The number of hydrogen-bond acceptors (Lipinski definition) is 3. The van der Waals surface area contributed by atoms with Gasteiger partial charge >= 0.3 is 0 Å². The molecule has 0 radical (unpaired) electrons. The van der Waals surface area contributed by atoms with E-state index in [2.05, 4.69) is 12.2 Å². The molecule has 1 aliphatic rings. The highest BCUT2D eigenvalue weighted by atomic mass is 32.1. The van der Waals surface area contributed by atoms with Gasteiger partial charge in [0.25, 0.3) is 5.91 Å². The lowest BCUT2D eigenvalue weighted by Gasteiger charge is -2.18. The maximum Gasteiger partial charge on any atom is 0.251 e. The monoisotopic (exact) mass is 342 g/mol. The van der Waals surface area contributed by atoms with Crippen molar-refractivity contribution in [2.75, 3.05) is 5.32 Å². The fraction of sp³-hybridized carbons (Fsp3) is 0.368. The topological polar surface area (TPSA) is 72.2 Å². The Morgan fingerprint density at radius 1 is 1.29 bits per heavy atom. The van der Waals surface area contributed by atoms with Crippen molar-refractivity contribution >= 4 is 28.2 Å². The zero-order valence-electron chi connectivity index (χ0n) is 13.8. The number of primary amides is 1. The lowest BCUT2D eigenvalue weighted by molar-refractivity contribution is -0.116. The summed E-state index contributed by atoms with van der Waals surface area (Å²) in [7, 11) is 0. The van der Waals surface area contributed by atoms with Crippen LogP contribution in [0.1, 0.15) is 46.1 Å². The summed E-state index contributed by atoms with van der Waals surface area (Å²) in [6, 6.07) is 9.90. The Labute approximate surface area is 146 Å². The first-order valence-electron chi connectivity index (χ1n) is 8.32. The number of rotatable bonds is 5. The number of nitrogens with one attached hydrogen (secondary N) is 1. The zero-order valence-corrected chi connectivity index (χ0v) is 14.6. The van der Waals surface area contributed by atoms with E-state index in [0.29, 0.717) is 29.3 Å². The molecule has 3 N–H and O–H groups in total. The van der Waals surface area contributed by atoms with Crippen LogP contribution in [0.25, 0.3) is 0 Å². The molecule has 5 heteroatoms. The molecular formula is C19H22N2O2S. The van der Waals surface area contributed by atoms with Gasteiger partial charge in [-0.05, 0) is 42.7 Å². The fourth-order valence-corrected chi connectivity index (χ4v) is 4.62. The smallest absolute Gasteiger partial charge is 0.251 e. The maximum atomic E-state index is 12.3. The van der Waals surface area contributed by atoms with Crippen molar-refractivity contribution in [2.24, 2.45) is 11.7 Å². The van der Waals surface area contributed by atoms with Gasteiger partial charge in [0.15, 0.2) is 0 Å². The Hall–Kier alpha value is -2.14. The lowest BCUT2D eigenvalue weighted by Crippen LogP contribution is -2.19. The molecule has 2 aromatic rings. The van der Waals surface area contributed by atoms with Gasteiger partial charge in [-0.25, -0.2) is 0 Å². The van der Waals surface area contributed by atoms with Crippen molar-refractivity contribution in [1.29, 1.82) is 0 Å². The van der Waals surface area contributed by atoms with Gasteiger partial charge in [-0.3, -0.25) is 9.59 Å². The predicted octanol–water partition coefficient (Wildman–Crippen LogP) is 3.54. The summed E-state index contributed by atoms with van der Waals surface area (Å²) in [6.45, 7) is 2.21. The molecule has 1 aromatic heterocycles. The SMILES string of the molecule is C[C@H]1CCc2c(sc(NC(=O)CCc3ccccc3)c2C(N)=O)C1. The number of aryl methyl sites for hydroxylation is 1. The van der Waals surface area contributed by atoms with Crippen LogP contribution in [0.15, 0.2) is 30.3 Å². The van der Waals surface area contributed by atoms with Crippen LogP contribution in [-0.4, -0.2) is 11.8 Å². The molecule has 0 spiro atoms. The first kappa shape index (κ1) is 16.7. The number of carbonyl (C=O) groups excluding carboxylic acids is 2. The number of anilines is 1. The van der Waals surface area contributed by atoms with Gasteiger partial charge < -0.3 is 11.1 Å². The average Bonchev–Trinajstić information content (AvgIpc) is 2.90. The van der Waals surface area contributed by atoms with E-state index >= 15 is 0 Å². The molecule has 126 valence electrons. The summed E-state index contributed by atoms with van der Waals surface area (Å²) in [6.07, 6.45) is 3.96. The average molecular weight is 342 g/mol. The Morgan fingerprint density at radius 2 is 2.04 bits per heavy atom. The van der Waals surface area contributed by atoms with Crippen molar-refractivity contribution in [3.8, 4) is 0 Å². The van der Waals surface area contributed by atoms with Crippen LogP contribution in [0.5, 0.6) is 0 Å². The second-order valence-electron chi connectivity index (χ2n) is 6.45. The minimum Gasteiger partial charge on any atom is -0.365 e. The molecule has 2 amide bonds. The van der Waals surface area contributed by atoms with Gasteiger partial charge in [0.05, 0.1) is 5.56 Å². The van der Waals surface area contributed by atoms with Crippen molar-refractivity contribution in [3.63, 3.8) is 0 Å². The summed E-state index contributed by atoms with van der Waals surface area (Å²) >= 11 is 1.51. The third-order valence-corrected chi connectivity index (χ3v) is 5.66. The van der Waals surface area contributed by atoms with Gasteiger partial charge in [0.2, 0.25) is 5.91 Å². The molecule has 24 heavy (non-hydrogen) atoms. The number of nitrogens with two attached hydrogens (primary N) is 1. The van der Waals surface area contributed by atoms with Crippen molar-refractivity contribution in [1.82, 2.24) is 0 Å². The van der Waals surface area contributed by atoms with Gasteiger partial charge in [-0.2, -0.15) is 0 Å². The van der Waals surface area contributed by atoms with Crippen LogP contribution in [0.2, 0.25) is 0 Å². The Bertz CT molecular complexity index is 752. The first-order valence-corrected chi connectivity index (χ1v) is 9.14. The van der Waals surface area contributed by atoms with E-state index in [9.17, 15) is 9.59 Å². The van der Waals surface area contributed by atoms with Crippen LogP contribution in [0.3, 0.4) is 0 Å². The molecule has 0 bridgehead atoms. The van der Waals surface area contributed by atoms with E-state index in [1.165, 1.54) is 16.2 Å². The number of amides is 2. The normalized spacial score (nSPS) is 16.5. The highest BCUT2D eigenvalue weighted by Crippen LogP contribution is 2.39. The van der Waals surface area contributed by atoms with Gasteiger partial charge in [0, 0.05) is 11.3 Å². The van der Waals surface area contributed by atoms with E-state index in [1.54, 1.807) is 0 Å². The standard InChI is InChI=1S/C19H22N2O2S/c1-12-7-9-14-15(11-12)24-19(17(14)18(20)23)21-16(22)10-8-13-5-3-2-4-6-13/h2-6,12H,7-11H2,1H3,(H2,20,23)(H,21,22)/t12-/m0/s1. The largest absolute Gasteiger partial charge is 0.365 e. The molecule has 0 saturated heterocycles. The van der Waals surface area contributed by atoms with Crippen molar-refractivity contribution in [3.05, 3.63) is 51.9 Å². The predicted molar refractivity (Wildman–Crippen MR) is 97.4 cm³/mol. The molecule has 1 aromatic carbocycles. The summed E-state index contributed by atoms with van der Waals surface area (Å²) in [5.41, 5.74) is 8.27. The minimum absolute atomic E-state index is 0.0759. The molecule has 0 saturated carbocycles. The summed E-state index contributed by atoms with van der Waals surface area (Å²) in [5.74, 6) is 0.0897. The molecule has 4 nitrogen and oxygen atoms in total. The number of thiophene rings is 1. The highest BCUT2D eigenvalue weighted by Gasteiger charge is 2.27. The lowest BCUT2D eigenvalue weighted by atomic mass is 9.88. The molecule has 1 atom stereocenters. The van der Waals surface area contributed by atoms with Crippen LogP contribution in [-0.2, 0) is 24.1 Å². The van der Waals surface area contributed by atoms with Crippen molar-refractivity contribution in [2.45, 2.75) is 39.0 Å². The summed E-state index contributed by atoms with van der Waals surface area (Å²) in [5, 5.41) is 3.54. The Kier molecular flexibility index (Phi) is 5.00. The molecular weight excluding hydrogens is 320 g/mol. The Morgan fingerprint density at radius 3 is 2.75 bits per heavy atom. The third kappa shape index (κ3) is 3.67. The fourth-order valence-electron chi connectivity index (χ4n) is 3.19. The van der Waals surface area contributed by atoms with E-state index in [4.69, 9.17) is 5.73 Å². The van der Waals surface area contributed by atoms with E-state index in [1.807, 2.05) is 30.3 Å². The molecule has 0 unspecified atom stereocenters. The van der Waals surface area contributed by atoms with Gasteiger partial charge in [-0.15, -0.1) is 11.3 Å². The highest BCUT2D eigenvalue weighted by molar-refractivity contribution is 7.17. The third-order valence-electron chi connectivity index (χ3n) is 4.49. The summed E-state index contributed by atoms with van der Waals surface area (Å²) < 4.78 is 0. The molecule has 1 aliphatic carbocycles. The maximum absolute atomic E-state index is 12.3. The zero-order chi connectivity index (χ0) is 17.1. The Balaban J connectivity index is 1.72. The molecule has 0 aliphatic heterocycles.